The molecule has 0 saturated heterocycles. The molecule has 6 heteroatoms. The Kier molecular flexibility index (Phi) is 3.93. The van der Waals surface area contributed by atoms with Crippen LogP contribution in [0.1, 0.15) is 6.42 Å². The molecule has 0 radical (unpaired) electrons. The fraction of sp³-hybridized carbons (Fsp3) is 0.500. The maximum Gasteiger partial charge on any atom is 0.244 e. The van der Waals surface area contributed by atoms with E-state index in [2.05, 4.69) is 9.97 Å². The van der Waals surface area contributed by atoms with Crippen LogP contribution in [0.15, 0.2) is 6.33 Å². The minimum atomic E-state index is 0.0716. The van der Waals surface area contributed by atoms with Crippen LogP contribution < -0.4 is 15.2 Å². The lowest BCUT2D eigenvalue weighted by Gasteiger charge is -2.08. The molecule has 0 atom stereocenters. The number of anilines is 1. The molecule has 0 aliphatic carbocycles. The molecule has 1 heterocycles. The Labute approximate surface area is 81.7 Å². The van der Waals surface area contributed by atoms with Gasteiger partial charge in [0, 0.05) is 13.0 Å². The zero-order valence-electron chi connectivity index (χ0n) is 7.93. The van der Waals surface area contributed by atoms with Crippen LogP contribution in [0.25, 0.3) is 0 Å². The van der Waals surface area contributed by atoms with Gasteiger partial charge >= 0.3 is 0 Å². The van der Waals surface area contributed by atoms with Crippen LogP contribution in [0.2, 0.25) is 0 Å². The van der Waals surface area contributed by atoms with Gasteiger partial charge in [-0.05, 0) is 0 Å². The van der Waals surface area contributed by atoms with Gasteiger partial charge in [0.25, 0.3) is 0 Å². The number of hydrogen-bond acceptors (Lipinski definition) is 6. The van der Waals surface area contributed by atoms with E-state index in [0.29, 0.717) is 18.9 Å². The van der Waals surface area contributed by atoms with Crippen molar-refractivity contribution in [1.29, 1.82) is 0 Å². The molecule has 0 aromatic carbocycles. The van der Waals surface area contributed by atoms with Crippen molar-refractivity contribution in [3.63, 3.8) is 0 Å². The first-order valence-electron chi connectivity index (χ1n) is 4.17. The zero-order valence-corrected chi connectivity index (χ0v) is 7.93. The third-order valence-corrected chi connectivity index (χ3v) is 1.55. The molecule has 0 fully saturated rings. The Morgan fingerprint density at radius 3 is 2.79 bits per heavy atom. The zero-order chi connectivity index (χ0) is 10.4. The molecule has 14 heavy (non-hydrogen) atoms. The summed E-state index contributed by atoms with van der Waals surface area (Å²) in [5.74, 6) is 0.573. The highest BCUT2D eigenvalue weighted by molar-refractivity contribution is 5.55. The summed E-state index contributed by atoms with van der Waals surface area (Å²) in [6.45, 7) is 0.434. The molecule has 0 spiro atoms. The Morgan fingerprint density at radius 2 is 2.14 bits per heavy atom. The average molecular weight is 199 g/mol. The van der Waals surface area contributed by atoms with Crippen LogP contribution in [-0.2, 0) is 0 Å². The molecule has 1 aromatic heterocycles. The molecule has 3 N–H and O–H groups in total. The molecule has 1 aromatic rings. The van der Waals surface area contributed by atoms with Crippen LogP contribution in [-0.4, -0.2) is 35.4 Å². The maximum atomic E-state index is 8.55. The number of aliphatic hydroxyl groups excluding tert-OH is 1. The van der Waals surface area contributed by atoms with Crippen LogP contribution in [0, 0.1) is 0 Å². The molecular weight excluding hydrogens is 186 g/mol. The second kappa shape index (κ2) is 5.23. The minimum Gasteiger partial charge on any atom is -0.479 e. The highest BCUT2D eigenvalue weighted by atomic mass is 16.5. The number of aliphatic hydroxyl groups is 1. The lowest BCUT2D eigenvalue weighted by molar-refractivity contribution is 0.229. The molecule has 0 aliphatic rings. The quantitative estimate of drug-likeness (QED) is 0.640. The summed E-state index contributed by atoms with van der Waals surface area (Å²) < 4.78 is 10.1. The normalized spacial score (nSPS) is 9.86. The van der Waals surface area contributed by atoms with Crippen LogP contribution in [0.5, 0.6) is 11.8 Å². The predicted molar refractivity (Wildman–Crippen MR) is 50.2 cm³/mol. The second-order valence-electron chi connectivity index (χ2n) is 2.53. The van der Waals surface area contributed by atoms with Crippen molar-refractivity contribution in [3.05, 3.63) is 6.33 Å². The smallest absolute Gasteiger partial charge is 0.244 e. The maximum absolute atomic E-state index is 8.55. The predicted octanol–water partition coefficient (Wildman–Crippen LogP) is -0.171. The molecule has 0 unspecified atom stereocenters. The Hall–Kier alpha value is -1.56. The molecule has 1 rings (SSSR count). The van der Waals surface area contributed by atoms with Crippen molar-refractivity contribution >= 4 is 5.69 Å². The van der Waals surface area contributed by atoms with Crippen LogP contribution >= 0.6 is 0 Å². The summed E-state index contributed by atoms with van der Waals surface area (Å²) in [4.78, 5) is 7.64. The van der Waals surface area contributed by atoms with Crippen LogP contribution in [0.3, 0.4) is 0 Å². The third kappa shape index (κ3) is 2.46. The summed E-state index contributed by atoms with van der Waals surface area (Å²) in [6, 6.07) is 0. The number of rotatable bonds is 5. The van der Waals surface area contributed by atoms with Gasteiger partial charge in [-0.1, -0.05) is 0 Å². The van der Waals surface area contributed by atoms with E-state index in [-0.39, 0.29) is 18.2 Å². The van der Waals surface area contributed by atoms with Crippen molar-refractivity contribution in [2.24, 2.45) is 0 Å². The number of nitrogen functional groups attached to an aromatic ring is 1. The van der Waals surface area contributed by atoms with Gasteiger partial charge in [-0.2, -0.15) is 9.97 Å². The Bertz CT molecular complexity index is 293. The molecule has 78 valence electrons. The second-order valence-corrected chi connectivity index (χ2v) is 2.53. The number of nitrogens with zero attached hydrogens (tertiary/aromatic N) is 2. The highest BCUT2D eigenvalue weighted by Crippen LogP contribution is 2.25. The first kappa shape index (κ1) is 10.5. The van der Waals surface area contributed by atoms with Gasteiger partial charge < -0.3 is 20.3 Å². The van der Waals surface area contributed by atoms with Gasteiger partial charge in [0.2, 0.25) is 11.8 Å². The SMILES string of the molecule is COc1ncnc(OCCCO)c1N. The molecule has 0 amide bonds. The summed E-state index contributed by atoms with van der Waals surface area (Å²) in [5, 5.41) is 8.55. The van der Waals surface area contributed by atoms with Gasteiger partial charge in [0.15, 0.2) is 5.69 Å². The standard InChI is InChI=1S/C8H13N3O3/c1-13-7-6(9)8(11-5-10-7)14-4-2-3-12/h5,12H,2-4,9H2,1H3. The number of ether oxygens (including phenoxy) is 2. The number of nitrogens with two attached hydrogens (primary N) is 1. The van der Waals surface area contributed by atoms with E-state index in [1.54, 1.807) is 0 Å². The van der Waals surface area contributed by atoms with Gasteiger partial charge in [-0.3, -0.25) is 0 Å². The van der Waals surface area contributed by atoms with Gasteiger partial charge in [-0.25, -0.2) is 0 Å². The molecule has 0 saturated carbocycles. The van der Waals surface area contributed by atoms with E-state index in [1.807, 2.05) is 0 Å². The van der Waals surface area contributed by atoms with E-state index < -0.39 is 0 Å². The van der Waals surface area contributed by atoms with Crippen LogP contribution in [0.4, 0.5) is 5.69 Å². The van der Waals surface area contributed by atoms with Gasteiger partial charge in [0.1, 0.15) is 6.33 Å². The van der Waals surface area contributed by atoms with Crippen molar-refractivity contribution < 1.29 is 14.6 Å². The summed E-state index contributed by atoms with van der Waals surface area (Å²) in [5.41, 5.74) is 5.91. The summed E-state index contributed by atoms with van der Waals surface area (Å²) >= 11 is 0. The topological polar surface area (TPSA) is 90.5 Å². The summed E-state index contributed by atoms with van der Waals surface area (Å²) in [7, 11) is 1.47. The molecule has 0 aliphatic heterocycles. The van der Waals surface area contributed by atoms with E-state index in [4.69, 9.17) is 20.3 Å². The van der Waals surface area contributed by atoms with Crippen molar-refractivity contribution in [2.45, 2.75) is 6.42 Å². The van der Waals surface area contributed by atoms with Crippen molar-refractivity contribution in [2.75, 3.05) is 26.1 Å². The van der Waals surface area contributed by atoms with Crippen molar-refractivity contribution in [1.82, 2.24) is 9.97 Å². The lowest BCUT2D eigenvalue weighted by Crippen LogP contribution is -2.05. The first-order valence-corrected chi connectivity index (χ1v) is 4.17. The number of methoxy groups -OCH3 is 1. The lowest BCUT2D eigenvalue weighted by atomic mass is 10.4. The Balaban J connectivity index is 2.66. The van der Waals surface area contributed by atoms with E-state index >= 15 is 0 Å². The summed E-state index contributed by atoms with van der Waals surface area (Å²) in [6.07, 6.45) is 1.84. The van der Waals surface area contributed by atoms with Gasteiger partial charge in [0.05, 0.1) is 13.7 Å². The van der Waals surface area contributed by atoms with Gasteiger partial charge in [-0.15, -0.1) is 0 Å². The molecular formula is C8H13N3O3. The average Bonchev–Trinajstić information content (AvgIpc) is 2.21. The minimum absolute atomic E-state index is 0.0716. The molecule has 6 nitrogen and oxygen atoms in total. The van der Waals surface area contributed by atoms with E-state index in [9.17, 15) is 0 Å². The molecule has 0 bridgehead atoms. The monoisotopic (exact) mass is 199 g/mol. The first-order chi connectivity index (χ1) is 6.79. The fourth-order valence-corrected chi connectivity index (χ4v) is 0.875. The van der Waals surface area contributed by atoms with E-state index in [0.717, 1.165) is 0 Å². The Morgan fingerprint density at radius 1 is 1.43 bits per heavy atom. The fourth-order valence-electron chi connectivity index (χ4n) is 0.875. The number of hydrogen-bond donors (Lipinski definition) is 2. The number of aromatic nitrogens is 2. The van der Waals surface area contributed by atoms with E-state index in [1.165, 1.54) is 13.4 Å². The largest absolute Gasteiger partial charge is 0.479 e. The third-order valence-electron chi connectivity index (χ3n) is 1.55. The highest BCUT2D eigenvalue weighted by Gasteiger charge is 2.08. The van der Waals surface area contributed by atoms with Crippen molar-refractivity contribution in [3.8, 4) is 11.8 Å².